The molecule has 1 saturated heterocycles. The Balaban J connectivity index is 2.01. The Bertz CT molecular complexity index is 692. The second kappa shape index (κ2) is 5.53. The maximum absolute atomic E-state index is 13.6. The maximum atomic E-state index is 13.6. The van der Waals surface area contributed by atoms with Crippen LogP contribution >= 0.6 is 0 Å². The van der Waals surface area contributed by atoms with E-state index in [2.05, 4.69) is 10.6 Å². The van der Waals surface area contributed by atoms with Crippen LogP contribution in [0.4, 0.5) is 9.18 Å². The molecule has 7 nitrogen and oxygen atoms in total. The van der Waals surface area contributed by atoms with E-state index in [-0.39, 0.29) is 24.3 Å². The molecule has 1 aromatic carbocycles. The number of carbonyl (C=O) groups excluding carboxylic acids is 3. The van der Waals surface area contributed by atoms with E-state index in [4.69, 9.17) is 9.47 Å². The zero-order valence-electron chi connectivity index (χ0n) is 12.3. The molecule has 2 aliphatic heterocycles. The van der Waals surface area contributed by atoms with Crippen LogP contribution in [0, 0.1) is 5.82 Å². The van der Waals surface area contributed by atoms with E-state index in [0.29, 0.717) is 6.42 Å². The van der Waals surface area contributed by atoms with Crippen LogP contribution in [0.15, 0.2) is 18.2 Å². The summed E-state index contributed by atoms with van der Waals surface area (Å²) in [7, 11) is 0. The Kier molecular flexibility index (Phi) is 3.67. The number of hydrogen-bond acceptors (Lipinski definition) is 5. The number of rotatable bonds is 3. The van der Waals surface area contributed by atoms with E-state index in [0.717, 1.165) is 12.1 Å². The van der Waals surface area contributed by atoms with Gasteiger partial charge in [0.2, 0.25) is 0 Å². The van der Waals surface area contributed by atoms with Crippen molar-refractivity contribution in [1.29, 1.82) is 0 Å². The van der Waals surface area contributed by atoms with Gasteiger partial charge in [0.15, 0.2) is 11.6 Å². The Morgan fingerprint density at radius 2 is 2.26 bits per heavy atom. The van der Waals surface area contributed by atoms with Crippen molar-refractivity contribution in [2.75, 3.05) is 6.61 Å². The summed E-state index contributed by atoms with van der Waals surface area (Å²) >= 11 is 0. The van der Waals surface area contributed by atoms with Crippen LogP contribution in [-0.2, 0) is 19.9 Å². The van der Waals surface area contributed by atoms with Crippen molar-refractivity contribution in [3.8, 4) is 5.75 Å². The molecule has 1 aromatic rings. The molecule has 2 heterocycles. The largest absolute Gasteiger partial charge is 0.478 e. The van der Waals surface area contributed by atoms with Crippen LogP contribution in [0.25, 0.3) is 0 Å². The number of amides is 3. The quantitative estimate of drug-likeness (QED) is 0.639. The second-order valence-corrected chi connectivity index (χ2v) is 5.43. The highest BCUT2D eigenvalue weighted by molar-refractivity contribution is 6.08. The highest BCUT2D eigenvalue weighted by Crippen LogP contribution is 2.41. The number of halogens is 1. The van der Waals surface area contributed by atoms with Crippen molar-refractivity contribution >= 4 is 17.9 Å². The molecular weight excluding hydrogens is 307 g/mol. The van der Waals surface area contributed by atoms with Crippen LogP contribution in [0.5, 0.6) is 5.75 Å². The highest BCUT2D eigenvalue weighted by atomic mass is 19.1. The lowest BCUT2D eigenvalue weighted by Crippen LogP contribution is -2.52. The van der Waals surface area contributed by atoms with Gasteiger partial charge in [0.05, 0.1) is 6.61 Å². The SMILES string of the molecule is CCCOC(=O)[C@H]1C[C@@]2(NC(=O)NC2=O)c2cc(F)ccc2O1. The van der Waals surface area contributed by atoms with E-state index in [9.17, 15) is 18.8 Å². The number of fused-ring (bicyclic) bond motifs is 2. The first kappa shape index (κ1) is 15.3. The van der Waals surface area contributed by atoms with Gasteiger partial charge in [-0.05, 0) is 24.6 Å². The normalized spacial score (nSPS) is 25.4. The van der Waals surface area contributed by atoms with Gasteiger partial charge in [-0.3, -0.25) is 10.1 Å². The topological polar surface area (TPSA) is 93.7 Å². The molecule has 8 heteroatoms. The fourth-order valence-electron chi connectivity index (χ4n) is 2.77. The van der Waals surface area contributed by atoms with E-state index in [1.165, 1.54) is 6.07 Å². The first-order chi connectivity index (χ1) is 11.0. The van der Waals surface area contributed by atoms with Crippen molar-refractivity contribution in [3.63, 3.8) is 0 Å². The number of esters is 1. The maximum Gasteiger partial charge on any atom is 0.347 e. The fraction of sp³-hybridized carbons (Fsp3) is 0.400. The third-order valence-electron chi connectivity index (χ3n) is 3.82. The predicted molar refractivity (Wildman–Crippen MR) is 75.0 cm³/mol. The molecular formula is C15H15FN2O5. The Morgan fingerprint density at radius 3 is 2.91 bits per heavy atom. The third-order valence-corrected chi connectivity index (χ3v) is 3.82. The molecule has 2 N–H and O–H groups in total. The van der Waals surface area contributed by atoms with Crippen molar-refractivity contribution in [2.24, 2.45) is 0 Å². The molecule has 1 spiro atoms. The number of carbonyl (C=O) groups is 3. The minimum Gasteiger partial charge on any atom is -0.478 e. The molecule has 0 radical (unpaired) electrons. The average molecular weight is 322 g/mol. The number of ether oxygens (including phenoxy) is 2. The summed E-state index contributed by atoms with van der Waals surface area (Å²) in [5.74, 6) is -1.69. The number of nitrogens with one attached hydrogen (secondary N) is 2. The molecule has 0 saturated carbocycles. The third kappa shape index (κ3) is 2.49. The molecule has 1 fully saturated rings. The van der Waals surface area contributed by atoms with Gasteiger partial charge in [-0.2, -0.15) is 0 Å². The molecule has 0 aromatic heterocycles. The molecule has 0 aliphatic carbocycles. The molecule has 2 aliphatic rings. The number of hydrogen-bond donors (Lipinski definition) is 2. The molecule has 0 bridgehead atoms. The second-order valence-electron chi connectivity index (χ2n) is 5.43. The summed E-state index contributed by atoms with van der Waals surface area (Å²) in [4.78, 5) is 36.0. The fourth-order valence-corrected chi connectivity index (χ4v) is 2.77. The summed E-state index contributed by atoms with van der Waals surface area (Å²) in [5.41, 5.74) is -1.36. The van der Waals surface area contributed by atoms with Crippen molar-refractivity contribution < 1.29 is 28.2 Å². The molecule has 3 amide bonds. The summed E-state index contributed by atoms with van der Waals surface area (Å²) in [6, 6.07) is 2.89. The van der Waals surface area contributed by atoms with Crippen LogP contribution in [-0.4, -0.2) is 30.6 Å². The summed E-state index contributed by atoms with van der Waals surface area (Å²) < 4.78 is 24.2. The van der Waals surface area contributed by atoms with E-state index in [1.54, 1.807) is 0 Å². The zero-order chi connectivity index (χ0) is 16.6. The van der Waals surface area contributed by atoms with Gasteiger partial charge in [-0.25, -0.2) is 14.0 Å². The summed E-state index contributed by atoms with van der Waals surface area (Å²) in [6.07, 6.45) is -0.588. The van der Waals surface area contributed by atoms with Crippen molar-refractivity contribution in [1.82, 2.24) is 10.6 Å². The van der Waals surface area contributed by atoms with Gasteiger partial charge >= 0.3 is 12.0 Å². The highest BCUT2D eigenvalue weighted by Gasteiger charge is 2.55. The summed E-state index contributed by atoms with van der Waals surface area (Å²) in [5, 5.41) is 4.61. The minimum absolute atomic E-state index is 0.161. The predicted octanol–water partition coefficient (Wildman–Crippen LogP) is 0.965. The van der Waals surface area contributed by atoms with Gasteiger partial charge in [-0.15, -0.1) is 0 Å². The van der Waals surface area contributed by atoms with Gasteiger partial charge in [0.25, 0.3) is 5.91 Å². The minimum atomic E-state index is -1.54. The van der Waals surface area contributed by atoms with Crippen LogP contribution in [0.3, 0.4) is 0 Å². The standard InChI is InChI=1S/C15H15FN2O5/c1-2-5-22-12(19)11-7-15(13(20)17-14(21)18-15)9-6-8(16)3-4-10(9)23-11/h3-4,6,11H,2,5,7H2,1H3,(H2,17,18,20,21)/t11-,15-/m1/s1. The number of benzene rings is 1. The Labute approximate surface area is 131 Å². The first-order valence-corrected chi connectivity index (χ1v) is 7.23. The smallest absolute Gasteiger partial charge is 0.347 e. The molecule has 122 valence electrons. The van der Waals surface area contributed by atoms with Gasteiger partial charge in [0.1, 0.15) is 11.6 Å². The molecule has 23 heavy (non-hydrogen) atoms. The Morgan fingerprint density at radius 1 is 1.48 bits per heavy atom. The lowest BCUT2D eigenvalue weighted by Gasteiger charge is -2.36. The lowest BCUT2D eigenvalue weighted by atomic mass is 9.81. The average Bonchev–Trinajstić information content (AvgIpc) is 2.79. The molecule has 0 unspecified atom stereocenters. The molecule has 3 rings (SSSR count). The van der Waals surface area contributed by atoms with Gasteiger partial charge < -0.3 is 14.8 Å². The van der Waals surface area contributed by atoms with E-state index < -0.39 is 35.4 Å². The van der Waals surface area contributed by atoms with Crippen LogP contribution in [0.1, 0.15) is 25.3 Å². The van der Waals surface area contributed by atoms with Crippen molar-refractivity contribution in [3.05, 3.63) is 29.6 Å². The van der Waals surface area contributed by atoms with Crippen molar-refractivity contribution in [2.45, 2.75) is 31.4 Å². The lowest BCUT2D eigenvalue weighted by molar-refractivity contribution is -0.154. The zero-order valence-corrected chi connectivity index (χ0v) is 12.3. The summed E-state index contributed by atoms with van der Waals surface area (Å²) in [6.45, 7) is 2.07. The van der Waals surface area contributed by atoms with Gasteiger partial charge in [0, 0.05) is 12.0 Å². The van der Waals surface area contributed by atoms with E-state index >= 15 is 0 Å². The first-order valence-electron chi connectivity index (χ1n) is 7.23. The molecule has 2 atom stereocenters. The van der Waals surface area contributed by atoms with Crippen LogP contribution in [0.2, 0.25) is 0 Å². The van der Waals surface area contributed by atoms with Crippen LogP contribution < -0.4 is 15.4 Å². The van der Waals surface area contributed by atoms with E-state index in [1.807, 2.05) is 6.92 Å². The van der Waals surface area contributed by atoms with Gasteiger partial charge in [-0.1, -0.05) is 6.92 Å². The number of urea groups is 1. The number of imide groups is 1. The monoisotopic (exact) mass is 322 g/mol. The Hall–Kier alpha value is -2.64.